The second-order valence-corrected chi connectivity index (χ2v) is 5.32. The molecule has 0 aromatic rings. The summed E-state index contributed by atoms with van der Waals surface area (Å²) in [4.78, 5) is 11.8. The Balaban J connectivity index is 2.35. The number of carbonyl (C=O) groups is 1. The van der Waals surface area contributed by atoms with Crippen LogP contribution in [0.25, 0.3) is 0 Å². The molecule has 0 saturated heterocycles. The molecule has 0 aliphatic heterocycles. The van der Waals surface area contributed by atoms with E-state index in [-0.39, 0.29) is 17.9 Å². The summed E-state index contributed by atoms with van der Waals surface area (Å²) in [5.41, 5.74) is 5.84. The maximum Gasteiger partial charge on any atom is 0.237 e. The second kappa shape index (κ2) is 6.89. The second-order valence-electron chi connectivity index (χ2n) is 5.32. The Kier molecular flexibility index (Phi) is 5.81. The minimum atomic E-state index is -0.356. The van der Waals surface area contributed by atoms with Gasteiger partial charge in [-0.15, -0.1) is 0 Å². The van der Waals surface area contributed by atoms with Gasteiger partial charge in [0, 0.05) is 6.04 Å². The molecule has 1 unspecified atom stereocenters. The van der Waals surface area contributed by atoms with Crippen LogP contribution in [0.5, 0.6) is 0 Å². The fraction of sp³-hybridized carbons (Fsp3) is 0.923. The Bertz CT molecular complexity index is 208. The highest BCUT2D eigenvalue weighted by Gasteiger charge is 2.20. The van der Waals surface area contributed by atoms with Gasteiger partial charge in [-0.3, -0.25) is 4.79 Å². The fourth-order valence-corrected chi connectivity index (χ4v) is 2.20. The van der Waals surface area contributed by atoms with E-state index in [9.17, 15) is 4.79 Å². The Morgan fingerprint density at radius 1 is 1.12 bits per heavy atom. The molecule has 3 heteroatoms. The summed E-state index contributed by atoms with van der Waals surface area (Å²) in [6, 6.07) is 0.00282. The first kappa shape index (κ1) is 13.5. The summed E-state index contributed by atoms with van der Waals surface area (Å²) in [6.45, 7) is 3.98. The molecule has 0 heterocycles. The number of hydrogen-bond acceptors (Lipinski definition) is 2. The van der Waals surface area contributed by atoms with Crippen molar-refractivity contribution in [2.45, 2.75) is 70.9 Å². The lowest BCUT2D eigenvalue weighted by Gasteiger charge is -2.24. The lowest BCUT2D eigenvalue weighted by atomic mass is 9.96. The first-order chi connectivity index (χ1) is 7.61. The molecule has 1 aliphatic rings. The molecule has 0 spiro atoms. The predicted octanol–water partition coefficient (Wildman–Crippen LogP) is 2.20. The monoisotopic (exact) mass is 226 g/mol. The average Bonchev–Trinajstić information content (AvgIpc) is 2.20. The van der Waals surface area contributed by atoms with Crippen LogP contribution in [0, 0.1) is 5.92 Å². The highest BCUT2D eigenvalue weighted by Crippen LogP contribution is 2.17. The summed E-state index contributed by atoms with van der Waals surface area (Å²) in [7, 11) is 0. The summed E-state index contributed by atoms with van der Waals surface area (Å²) in [5, 5.41) is 3.10. The van der Waals surface area contributed by atoms with Crippen molar-refractivity contribution in [2.75, 3.05) is 0 Å². The van der Waals surface area contributed by atoms with E-state index in [1.54, 1.807) is 0 Å². The van der Waals surface area contributed by atoms with E-state index in [1.807, 2.05) is 13.8 Å². The smallest absolute Gasteiger partial charge is 0.237 e. The number of amides is 1. The summed E-state index contributed by atoms with van der Waals surface area (Å²) >= 11 is 0. The number of rotatable bonds is 3. The van der Waals surface area contributed by atoms with Gasteiger partial charge in [0.25, 0.3) is 0 Å². The molecule has 3 nitrogen and oxygen atoms in total. The van der Waals surface area contributed by atoms with Gasteiger partial charge in [-0.1, -0.05) is 46.0 Å². The van der Waals surface area contributed by atoms with Gasteiger partial charge < -0.3 is 11.1 Å². The van der Waals surface area contributed by atoms with Gasteiger partial charge in [0.1, 0.15) is 0 Å². The van der Waals surface area contributed by atoms with Crippen molar-refractivity contribution >= 4 is 5.91 Å². The van der Waals surface area contributed by atoms with Gasteiger partial charge >= 0.3 is 0 Å². The van der Waals surface area contributed by atoms with E-state index in [0.717, 1.165) is 12.8 Å². The third-order valence-corrected chi connectivity index (χ3v) is 3.47. The molecule has 0 aromatic carbocycles. The zero-order valence-corrected chi connectivity index (χ0v) is 10.7. The molecule has 1 aliphatic carbocycles. The van der Waals surface area contributed by atoms with Gasteiger partial charge in [0.05, 0.1) is 6.04 Å². The Labute approximate surface area is 99.2 Å². The lowest BCUT2D eigenvalue weighted by Crippen LogP contribution is -2.47. The first-order valence-electron chi connectivity index (χ1n) is 6.67. The third kappa shape index (κ3) is 4.52. The van der Waals surface area contributed by atoms with Crippen molar-refractivity contribution in [3.63, 3.8) is 0 Å². The van der Waals surface area contributed by atoms with Crippen molar-refractivity contribution in [1.29, 1.82) is 0 Å². The standard InChI is InChI=1S/C13H26N2O/c1-10(2)12(14)13(16)15-11-8-6-4-3-5-7-9-11/h10-12H,3-9,14H2,1-2H3,(H,15,16). The summed E-state index contributed by atoms with van der Waals surface area (Å²) in [5.74, 6) is 0.245. The zero-order valence-electron chi connectivity index (χ0n) is 10.7. The molecule has 94 valence electrons. The van der Waals surface area contributed by atoms with E-state index in [2.05, 4.69) is 5.32 Å². The Morgan fingerprint density at radius 2 is 1.62 bits per heavy atom. The van der Waals surface area contributed by atoms with E-state index in [4.69, 9.17) is 5.73 Å². The van der Waals surface area contributed by atoms with Crippen LogP contribution in [0.1, 0.15) is 58.8 Å². The number of nitrogens with one attached hydrogen (secondary N) is 1. The van der Waals surface area contributed by atoms with Gasteiger partial charge in [0.15, 0.2) is 0 Å². The molecule has 1 rings (SSSR count). The Hall–Kier alpha value is -0.570. The number of nitrogens with two attached hydrogens (primary N) is 1. The normalized spacial score (nSPS) is 21.2. The van der Waals surface area contributed by atoms with E-state index < -0.39 is 0 Å². The highest BCUT2D eigenvalue weighted by atomic mass is 16.2. The third-order valence-electron chi connectivity index (χ3n) is 3.47. The maximum atomic E-state index is 11.8. The molecule has 16 heavy (non-hydrogen) atoms. The van der Waals surface area contributed by atoms with E-state index >= 15 is 0 Å². The molecule has 1 amide bonds. The van der Waals surface area contributed by atoms with Crippen LogP contribution in [-0.4, -0.2) is 18.0 Å². The fourth-order valence-electron chi connectivity index (χ4n) is 2.20. The lowest BCUT2D eigenvalue weighted by molar-refractivity contribution is -0.124. The van der Waals surface area contributed by atoms with Gasteiger partial charge in [-0.05, 0) is 18.8 Å². The van der Waals surface area contributed by atoms with Crippen LogP contribution in [0.3, 0.4) is 0 Å². The molecular formula is C13H26N2O. The topological polar surface area (TPSA) is 55.1 Å². The van der Waals surface area contributed by atoms with Crippen molar-refractivity contribution < 1.29 is 4.79 Å². The summed E-state index contributed by atoms with van der Waals surface area (Å²) in [6.07, 6.45) is 8.69. The molecule has 1 saturated carbocycles. The highest BCUT2D eigenvalue weighted by molar-refractivity contribution is 5.81. The number of hydrogen-bond donors (Lipinski definition) is 2. The van der Waals surface area contributed by atoms with Crippen LogP contribution >= 0.6 is 0 Å². The minimum Gasteiger partial charge on any atom is -0.352 e. The molecule has 1 atom stereocenters. The van der Waals surface area contributed by atoms with Crippen LogP contribution < -0.4 is 11.1 Å². The van der Waals surface area contributed by atoms with Crippen molar-refractivity contribution in [3.8, 4) is 0 Å². The van der Waals surface area contributed by atoms with Gasteiger partial charge in [0.2, 0.25) is 5.91 Å². The molecule has 1 fully saturated rings. The van der Waals surface area contributed by atoms with Crippen LogP contribution in [0.15, 0.2) is 0 Å². The molecule has 0 radical (unpaired) electrons. The summed E-state index contributed by atoms with van der Waals surface area (Å²) < 4.78 is 0. The van der Waals surface area contributed by atoms with E-state index in [1.165, 1.54) is 32.1 Å². The van der Waals surface area contributed by atoms with Crippen molar-refractivity contribution in [1.82, 2.24) is 5.32 Å². The first-order valence-corrected chi connectivity index (χ1v) is 6.67. The van der Waals surface area contributed by atoms with Gasteiger partial charge in [-0.25, -0.2) is 0 Å². The molecule has 3 N–H and O–H groups in total. The quantitative estimate of drug-likeness (QED) is 0.775. The molecule has 0 bridgehead atoms. The maximum absolute atomic E-state index is 11.8. The Morgan fingerprint density at radius 3 is 2.12 bits per heavy atom. The van der Waals surface area contributed by atoms with Crippen molar-refractivity contribution in [2.24, 2.45) is 11.7 Å². The van der Waals surface area contributed by atoms with Gasteiger partial charge in [-0.2, -0.15) is 0 Å². The van der Waals surface area contributed by atoms with E-state index in [0.29, 0.717) is 6.04 Å². The zero-order chi connectivity index (χ0) is 12.0. The van der Waals surface area contributed by atoms with Crippen LogP contribution in [0.4, 0.5) is 0 Å². The average molecular weight is 226 g/mol. The minimum absolute atomic E-state index is 0.0283. The molecular weight excluding hydrogens is 200 g/mol. The van der Waals surface area contributed by atoms with Crippen LogP contribution in [0.2, 0.25) is 0 Å². The van der Waals surface area contributed by atoms with Crippen LogP contribution in [-0.2, 0) is 4.79 Å². The van der Waals surface area contributed by atoms with Crippen molar-refractivity contribution in [3.05, 3.63) is 0 Å². The largest absolute Gasteiger partial charge is 0.352 e. The molecule has 0 aromatic heterocycles. The number of carbonyl (C=O) groups excluding carboxylic acids is 1. The predicted molar refractivity (Wildman–Crippen MR) is 67.1 cm³/mol. The SMILES string of the molecule is CC(C)C(N)C(=O)NC1CCCCCCC1.